The van der Waals surface area contributed by atoms with Gasteiger partial charge in [0.25, 0.3) is 0 Å². The molecule has 1 heterocycles. The van der Waals surface area contributed by atoms with Gasteiger partial charge in [-0.05, 0) is 35.9 Å². The maximum Gasteiger partial charge on any atom is 0.0682 e. The lowest BCUT2D eigenvalue weighted by Crippen LogP contribution is -1.97. The fourth-order valence-electron chi connectivity index (χ4n) is 2.27. The molecule has 2 aromatic rings. The van der Waals surface area contributed by atoms with Crippen LogP contribution in [0.4, 0.5) is 0 Å². The molecule has 0 amide bonds. The van der Waals surface area contributed by atoms with Crippen molar-refractivity contribution in [3.8, 4) is 0 Å². The van der Waals surface area contributed by atoms with Crippen molar-refractivity contribution in [1.82, 2.24) is 4.57 Å². The third-order valence-corrected chi connectivity index (χ3v) is 3.33. The fraction of sp³-hybridized carbons (Fsp3) is 0.467. The van der Waals surface area contributed by atoms with Crippen LogP contribution in [0.15, 0.2) is 30.5 Å². The average molecular weight is 247 g/mol. The summed E-state index contributed by atoms with van der Waals surface area (Å²) in [4.78, 5) is 0. The molecule has 0 saturated heterocycles. The molecule has 18 heavy (non-hydrogen) atoms. The minimum absolute atomic E-state index is 0.0949. The molecule has 0 aliphatic carbocycles. The van der Waals surface area contributed by atoms with E-state index in [-0.39, 0.29) is 6.61 Å². The van der Waals surface area contributed by atoms with Gasteiger partial charge in [-0.3, -0.25) is 0 Å². The lowest BCUT2D eigenvalue weighted by Gasteiger charge is -2.06. The molecule has 98 valence electrons. The van der Waals surface area contributed by atoms with E-state index in [1.165, 1.54) is 10.9 Å². The summed E-state index contributed by atoms with van der Waals surface area (Å²) in [5.41, 5.74) is 2.16. The molecule has 0 atom stereocenters. The first-order valence-electron chi connectivity index (χ1n) is 6.64. The number of fused-ring (bicyclic) bond motifs is 1. The number of hydrogen-bond acceptors (Lipinski definition) is 2. The van der Waals surface area contributed by atoms with Gasteiger partial charge < -0.3 is 14.8 Å². The van der Waals surface area contributed by atoms with Crippen molar-refractivity contribution in [2.45, 2.75) is 38.8 Å². The number of aliphatic hydroxyl groups excluding tert-OH is 2. The van der Waals surface area contributed by atoms with E-state index < -0.39 is 0 Å². The minimum atomic E-state index is 0.0949. The lowest BCUT2D eigenvalue weighted by atomic mass is 10.1. The molecule has 0 radical (unpaired) electrons. The molecule has 0 aliphatic rings. The van der Waals surface area contributed by atoms with Crippen LogP contribution in [-0.4, -0.2) is 21.4 Å². The first-order valence-corrected chi connectivity index (χ1v) is 6.64. The highest BCUT2D eigenvalue weighted by atomic mass is 16.3. The van der Waals surface area contributed by atoms with E-state index in [0.717, 1.165) is 37.8 Å². The van der Waals surface area contributed by atoms with Gasteiger partial charge in [-0.15, -0.1) is 0 Å². The molecule has 0 spiro atoms. The molecule has 0 saturated carbocycles. The molecular formula is C15H21NO2. The Labute approximate surface area is 108 Å². The number of aryl methyl sites for hydroxylation is 1. The van der Waals surface area contributed by atoms with Crippen LogP contribution >= 0.6 is 0 Å². The van der Waals surface area contributed by atoms with Crippen LogP contribution in [0.25, 0.3) is 10.9 Å². The van der Waals surface area contributed by atoms with E-state index in [4.69, 9.17) is 10.2 Å². The molecule has 0 unspecified atom stereocenters. The van der Waals surface area contributed by atoms with Gasteiger partial charge in [0.2, 0.25) is 0 Å². The van der Waals surface area contributed by atoms with Gasteiger partial charge in [-0.2, -0.15) is 0 Å². The minimum Gasteiger partial charge on any atom is -0.396 e. The number of nitrogens with zero attached hydrogens (tertiary/aromatic N) is 1. The molecule has 0 fully saturated rings. The average Bonchev–Trinajstić information content (AvgIpc) is 2.81. The zero-order valence-corrected chi connectivity index (χ0v) is 10.7. The number of benzene rings is 1. The number of hydrogen-bond donors (Lipinski definition) is 2. The van der Waals surface area contributed by atoms with Gasteiger partial charge in [-0.25, -0.2) is 0 Å². The van der Waals surface area contributed by atoms with Gasteiger partial charge in [0, 0.05) is 24.9 Å². The monoisotopic (exact) mass is 247 g/mol. The van der Waals surface area contributed by atoms with Gasteiger partial charge in [0.1, 0.15) is 0 Å². The molecule has 3 nitrogen and oxygen atoms in total. The second kappa shape index (κ2) is 6.57. The molecular weight excluding hydrogens is 226 g/mol. The Morgan fingerprint density at radius 3 is 2.56 bits per heavy atom. The predicted molar refractivity (Wildman–Crippen MR) is 73.4 cm³/mol. The molecule has 1 aromatic carbocycles. The van der Waals surface area contributed by atoms with Crippen LogP contribution in [-0.2, 0) is 13.2 Å². The van der Waals surface area contributed by atoms with Crippen molar-refractivity contribution in [3.63, 3.8) is 0 Å². The van der Waals surface area contributed by atoms with Crippen molar-refractivity contribution in [2.24, 2.45) is 0 Å². The van der Waals surface area contributed by atoms with Crippen LogP contribution in [0, 0.1) is 0 Å². The molecule has 2 N–H and O–H groups in total. The Morgan fingerprint density at radius 1 is 0.944 bits per heavy atom. The zero-order chi connectivity index (χ0) is 12.8. The maximum absolute atomic E-state index is 9.17. The Morgan fingerprint density at radius 2 is 1.78 bits per heavy atom. The number of aromatic nitrogens is 1. The first-order chi connectivity index (χ1) is 8.85. The predicted octanol–water partition coefficient (Wildman–Crippen LogP) is 2.69. The second-order valence-electron chi connectivity index (χ2n) is 4.70. The van der Waals surface area contributed by atoms with Gasteiger partial charge >= 0.3 is 0 Å². The topological polar surface area (TPSA) is 45.4 Å². The molecule has 0 bridgehead atoms. The highest BCUT2D eigenvalue weighted by molar-refractivity contribution is 5.80. The van der Waals surface area contributed by atoms with Crippen LogP contribution in [0.3, 0.4) is 0 Å². The second-order valence-corrected chi connectivity index (χ2v) is 4.70. The quantitative estimate of drug-likeness (QED) is 0.739. The standard InChI is InChI=1S/C15H21NO2/c17-10-4-2-1-3-8-16-9-7-14-6-5-13(12-18)11-15(14)16/h5-7,9,11,17-18H,1-4,8,10,12H2. The highest BCUT2D eigenvalue weighted by Gasteiger charge is 2.02. The third-order valence-electron chi connectivity index (χ3n) is 3.33. The van der Waals surface area contributed by atoms with E-state index >= 15 is 0 Å². The van der Waals surface area contributed by atoms with Crippen molar-refractivity contribution < 1.29 is 10.2 Å². The summed E-state index contributed by atoms with van der Waals surface area (Å²) in [7, 11) is 0. The summed E-state index contributed by atoms with van der Waals surface area (Å²) in [5, 5.41) is 19.1. The summed E-state index contributed by atoms with van der Waals surface area (Å²) in [6, 6.07) is 8.20. The van der Waals surface area contributed by atoms with Crippen molar-refractivity contribution >= 4 is 10.9 Å². The molecule has 1 aromatic heterocycles. The first kappa shape index (κ1) is 13.1. The van der Waals surface area contributed by atoms with Crippen LogP contribution in [0.5, 0.6) is 0 Å². The SMILES string of the molecule is OCCCCCCn1ccc2ccc(CO)cc21. The van der Waals surface area contributed by atoms with E-state index in [1.54, 1.807) is 0 Å². The maximum atomic E-state index is 9.17. The van der Waals surface area contributed by atoms with Crippen LogP contribution < -0.4 is 0 Å². The van der Waals surface area contributed by atoms with Crippen molar-refractivity contribution in [2.75, 3.05) is 6.61 Å². The zero-order valence-electron chi connectivity index (χ0n) is 10.7. The van der Waals surface area contributed by atoms with Gasteiger partial charge in [0.15, 0.2) is 0 Å². The molecule has 0 aliphatic heterocycles. The number of rotatable bonds is 7. The van der Waals surface area contributed by atoms with Gasteiger partial charge in [-0.1, -0.05) is 25.0 Å². The Kier molecular flexibility index (Phi) is 4.79. The van der Waals surface area contributed by atoms with Crippen LogP contribution in [0.1, 0.15) is 31.2 Å². The normalized spacial score (nSPS) is 11.2. The highest BCUT2D eigenvalue weighted by Crippen LogP contribution is 2.18. The summed E-state index contributed by atoms with van der Waals surface area (Å²) < 4.78 is 2.24. The van der Waals surface area contributed by atoms with Crippen molar-refractivity contribution in [3.05, 3.63) is 36.0 Å². The summed E-state index contributed by atoms with van der Waals surface area (Å²) >= 11 is 0. The van der Waals surface area contributed by atoms with Crippen LogP contribution in [0.2, 0.25) is 0 Å². The molecule has 2 rings (SSSR count). The Hall–Kier alpha value is -1.32. The van der Waals surface area contributed by atoms with Crippen molar-refractivity contribution in [1.29, 1.82) is 0 Å². The van der Waals surface area contributed by atoms with E-state index in [1.807, 2.05) is 6.07 Å². The Bertz CT molecular complexity index is 490. The van der Waals surface area contributed by atoms with E-state index in [9.17, 15) is 0 Å². The summed E-state index contributed by atoms with van der Waals surface area (Å²) in [6.07, 6.45) is 6.39. The van der Waals surface area contributed by atoms with E-state index in [2.05, 4.69) is 29.0 Å². The Balaban J connectivity index is 1.99. The van der Waals surface area contributed by atoms with Gasteiger partial charge in [0.05, 0.1) is 6.61 Å². The summed E-state index contributed by atoms with van der Waals surface area (Å²) in [5.74, 6) is 0. The molecule has 3 heteroatoms. The lowest BCUT2D eigenvalue weighted by molar-refractivity contribution is 0.282. The third kappa shape index (κ3) is 3.12. The van der Waals surface area contributed by atoms with E-state index in [0.29, 0.717) is 6.61 Å². The fourth-order valence-corrected chi connectivity index (χ4v) is 2.27. The summed E-state index contributed by atoms with van der Waals surface area (Å²) in [6.45, 7) is 1.40. The number of aliphatic hydroxyl groups is 2. The number of unbranched alkanes of at least 4 members (excludes halogenated alkanes) is 3. The largest absolute Gasteiger partial charge is 0.396 e. The smallest absolute Gasteiger partial charge is 0.0682 e.